The molecule has 0 bridgehead atoms. The number of esters is 3. The lowest BCUT2D eigenvalue weighted by Gasteiger charge is -2.18. The molecular formula is C54H104O6. The summed E-state index contributed by atoms with van der Waals surface area (Å²) in [4.78, 5) is 38.0. The number of carbonyl (C=O) groups is 3. The van der Waals surface area contributed by atoms with E-state index in [0.717, 1.165) is 69.6 Å². The van der Waals surface area contributed by atoms with Crippen molar-refractivity contribution < 1.29 is 28.6 Å². The van der Waals surface area contributed by atoms with Crippen molar-refractivity contribution in [1.29, 1.82) is 0 Å². The van der Waals surface area contributed by atoms with Gasteiger partial charge < -0.3 is 14.2 Å². The highest BCUT2D eigenvalue weighted by Gasteiger charge is 2.19. The largest absolute Gasteiger partial charge is 0.462 e. The molecule has 0 radical (unpaired) electrons. The molecule has 0 aliphatic rings. The van der Waals surface area contributed by atoms with Crippen LogP contribution in [0.25, 0.3) is 0 Å². The third kappa shape index (κ3) is 45.9. The molecular weight excluding hydrogens is 745 g/mol. The zero-order valence-corrected chi connectivity index (χ0v) is 41.1. The van der Waals surface area contributed by atoms with E-state index in [1.165, 1.54) is 186 Å². The van der Waals surface area contributed by atoms with E-state index in [0.29, 0.717) is 19.3 Å². The molecule has 0 saturated heterocycles. The van der Waals surface area contributed by atoms with Crippen LogP contribution < -0.4 is 0 Å². The molecule has 0 aromatic carbocycles. The molecule has 0 aromatic rings. The van der Waals surface area contributed by atoms with Crippen LogP contribution in [0.1, 0.15) is 298 Å². The van der Waals surface area contributed by atoms with Crippen LogP contribution in [0.15, 0.2) is 0 Å². The van der Waals surface area contributed by atoms with Crippen molar-refractivity contribution in [2.24, 2.45) is 11.8 Å². The Morgan fingerprint density at radius 3 is 0.950 bits per heavy atom. The van der Waals surface area contributed by atoms with E-state index in [2.05, 4.69) is 34.6 Å². The van der Waals surface area contributed by atoms with E-state index in [-0.39, 0.29) is 31.1 Å². The van der Waals surface area contributed by atoms with Crippen LogP contribution in [-0.4, -0.2) is 37.2 Å². The van der Waals surface area contributed by atoms with Gasteiger partial charge in [-0.2, -0.15) is 0 Å². The molecule has 6 heteroatoms. The van der Waals surface area contributed by atoms with Gasteiger partial charge in [-0.25, -0.2) is 0 Å². The van der Waals surface area contributed by atoms with Crippen LogP contribution >= 0.6 is 0 Å². The van der Waals surface area contributed by atoms with Gasteiger partial charge in [0.15, 0.2) is 6.10 Å². The van der Waals surface area contributed by atoms with Gasteiger partial charge in [-0.1, -0.05) is 259 Å². The Hall–Kier alpha value is -1.59. The highest BCUT2D eigenvalue weighted by atomic mass is 16.6. The molecule has 6 nitrogen and oxygen atoms in total. The van der Waals surface area contributed by atoms with Gasteiger partial charge in [-0.05, 0) is 31.1 Å². The molecule has 0 heterocycles. The second kappa shape index (κ2) is 46.9. The van der Waals surface area contributed by atoms with Crippen LogP contribution in [0.3, 0.4) is 0 Å². The quantitative estimate of drug-likeness (QED) is 0.0345. The van der Waals surface area contributed by atoms with Gasteiger partial charge in [0.25, 0.3) is 0 Å². The van der Waals surface area contributed by atoms with E-state index < -0.39 is 6.10 Å². The Bertz CT molecular complexity index is 918. The Morgan fingerprint density at radius 1 is 0.350 bits per heavy atom. The molecule has 0 aliphatic carbocycles. The number of hydrogen-bond donors (Lipinski definition) is 0. The normalized spacial score (nSPS) is 12.5. The predicted octanol–water partition coefficient (Wildman–Crippen LogP) is 17.3. The summed E-state index contributed by atoms with van der Waals surface area (Å²) in [6.07, 6.45) is 48.0. The Kier molecular flexibility index (Phi) is 45.7. The van der Waals surface area contributed by atoms with Crippen molar-refractivity contribution in [2.45, 2.75) is 304 Å². The molecule has 0 fully saturated rings. The molecule has 0 aliphatic heterocycles. The van der Waals surface area contributed by atoms with Gasteiger partial charge in [0.1, 0.15) is 13.2 Å². The highest BCUT2D eigenvalue weighted by Crippen LogP contribution is 2.18. The predicted molar refractivity (Wildman–Crippen MR) is 256 cm³/mol. The second-order valence-corrected chi connectivity index (χ2v) is 19.2. The monoisotopic (exact) mass is 849 g/mol. The second-order valence-electron chi connectivity index (χ2n) is 19.2. The number of ether oxygens (including phenoxy) is 3. The summed E-state index contributed by atoms with van der Waals surface area (Å²) in [7, 11) is 0. The summed E-state index contributed by atoms with van der Waals surface area (Å²) < 4.78 is 16.8. The number of carbonyl (C=O) groups excluding carboxylic acids is 3. The van der Waals surface area contributed by atoms with Crippen LogP contribution in [-0.2, 0) is 28.6 Å². The van der Waals surface area contributed by atoms with Gasteiger partial charge in [-0.3, -0.25) is 14.4 Å². The minimum atomic E-state index is -0.762. The summed E-state index contributed by atoms with van der Waals surface area (Å²) in [5.74, 6) is 0.807. The molecule has 356 valence electrons. The first-order chi connectivity index (χ1) is 29.3. The summed E-state index contributed by atoms with van der Waals surface area (Å²) in [6.45, 7) is 11.4. The first-order valence-electron chi connectivity index (χ1n) is 26.8. The smallest absolute Gasteiger partial charge is 0.306 e. The van der Waals surface area contributed by atoms with Crippen molar-refractivity contribution in [1.82, 2.24) is 0 Å². The average Bonchev–Trinajstić information content (AvgIpc) is 3.23. The molecule has 0 aromatic heterocycles. The average molecular weight is 849 g/mol. The first-order valence-corrected chi connectivity index (χ1v) is 26.8. The first kappa shape index (κ1) is 58.4. The van der Waals surface area contributed by atoms with Gasteiger partial charge in [0.2, 0.25) is 0 Å². The molecule has 1 unspecified atom stereocenters. The van der Waals surface area contributed by atoms with Gasteiger partial charge in [0, 0.05) is 19.3 Å². The minimum absolute atomic E-state index is 0.0643. The molecule has 0 rings (SSSR count). The fourth-order valence-electron chi connectivity index (χ4n) is 8.13. The number of rotatable bonds is 48. The lowest BCUT2D eigenvalue weighted by Crippen LogP contribution is -2.30. The van der Waals surface area contributed by atoms with E-state index in [1.54, 1.807) is 0 Å². The number of hydrogen-bond acceptors (Lipinski definition) is 6. The van der Waals surface area contributed by atoms with E-state index >= 15 is 0 Å². The Morgan fingerprint density at radius 2 is 0.633 bits per heavy atom. The number of unbranched alkanes of at least 4 members (excludes halogenated alkanes) is 32. The summed E-state index contributed by atoms with van der Waals surface area (Å²) in [5, 5.41) is 0. The highest BCUT2D eigenvalue weighted by molar-refractivity contribution is 5.71. The fourth-order valence-corrected chi connectivity index (χ4v) is 8.13. The Balaban J connectivity index is 4.29. The lowest BCUT2D eigenvalue weighted by atomic mass is 9.99. The maximum absolute atomic E-state index is 12.8. The van der Waals surface area contributed by atoms with Crippen molar-refractivity contribution in [3.63, 3.8) is 0 Å². The fraction of sp³-hybridized carbons (Fsp3) is 0.944. The summed E-state index contributed by atoms with van der Waals surface area (Å²) >= 11 is 0. The van der Waals surface area contributed by atoms with Crippen LogP contribution in [0.2, 0.25) is 0 Å². The molecule has 0 N–H and O–H groups in total. The van der Waals surface area contributed by atoms with Gasteiger partial charge in [-0.15, -0.1) is 0 Å². The van der Waals surface area contributed by atoms with Crippen LogP contribution in [0.5, 0.6) is 0 Å². The van der Waals surface area contributed by atoms with Crippen LogP contribution in [0.4, 0.5) is 0 Å². The molecule has 0 spiro atoms. The third-order valence-electron chi connectivity index (χ3n) is 12.6. The van der Waals surface area contributed by atoms with E-state index in [1.807, 2.05) is 0 Å². The zero-order valence-electron chi connectivity index (χ0n) is 41.1. The lowest BCUT2D eigenvalue weighted by molar-refractivity contribution is -0.167. The molecule has 2 atom stereocenters. The van der Waals surface area contributed by atoms with Crippen molar-refractivity contribution >= 4 is 17.9 Å². The van der Waals surface area contributed by atoms with Crippen molar-refractivity contribution in [2.75, 3.05) is 13.2 Å². The molecule has 0 amide bonds. The standard InChI is InChI=1S/C54H104O6/c1-6-8-9-10-11-12-13-14-15-16-17-18-19-20-23-31-36-41-46-54(57)60-51(47-58-52(55)44-39-34-29-24-21-22-27-32-37-42-49(3)4)48-59-53(56)45-40-35-30-26-25-28-33-38-43-50(5)7-2/h49-51H,6-48H2,1-5H3/t50?,51-/m0/s1. The van der Waals surface area contributed by atoms with Crippen molar-refractivity contribution in [3.8, 4) is 0 Å². The van der Waals surface area contributed by atoms with Gasteiger partial charge >= 0.3 is 17.9 Å². The van der Waals surface area contributed by atoms with E-state index in [4.69, 9.17) is 14.2 Å². The maximum atomic E-state index is 12.8. The minimum Gasteiger partial charge on any atom is -0.462 e. The topological polar surface area (TPSA) is 78.9 Å². The SMILES string of the molecule is CCCCCCCCCCCCCCCCCCCCC(=O)O[C@@H](COC(=O)CCCCCCCCCCCC(C)C)COC(=O)CCCCCCCCCCC(C)CC. The maximum Gasteiger partial charge on any atom is 0.306 e. The Labute approximate surface area is 374 Å². The van der Waals surface area contributed by atoms with Gasteiger partial charge in [0.05, 0.1) is 0 Å². The van der Waals surface area contributed by atoms with Crippen molar-refractivity contribution in [3.05, 3.63) is 0 Å². The summed E-state index contributed by atoms with van der Waals surface area (Å²) in [5.41, 5.74) is 0. The molecule has 60 heavy (non-hydrogen) atoms. The van der Waals surface area contributed by atoms with Crippen LogP contribution in [0, 0.1) is 11.8 Å². The van der Waals surface area contributed by atoms with E-state index in [9.17, 15) is 14.4 Å². The molecule has 0 saturated carbocycles. The zero-order chi connectivity index (χ0) is 44.0. The third-order valence-corrected chi connectivity index (χ3v) is 12.6. The summed E-state index contributed by atoms with van der Waals surface area (Å²) in [6, 6.07) is 0.